The summed E-state index contributed by atoms with van der Waals surface area (Å²) in [5.74, 6) is -1.34. The smallest absolute Gasteiger partial charge is 0.251 e. The van der Waals surface area contributed by atoms with Gasteiger partial charge in [-0.3, -0.25) is 14.4 Å². The van der Waals surface area contributed by atoms with Gasteiger partial charge in [0, 0.05) is 17.0 Å². The van der Waals surface area contributed by atoms with Crippen molar-refractivity contribution in [1.29, 1.82) is 0 Å². The molecule has 0 saturated carbocycles. The molecule has 0 spiro atoms. The highest BCUT2D eigenvalue weighted by Crippen LogP contribution is 2.25. The molecule has 0 unspecified atom stereocenters. The van der Waals surface area contributed by atoms with Crippen molar-refractivity contribution >= 4 is 46.6 Å². The SMILES string of the molecule is O=C(CNC(=O)[C@H](Cc1ccccc1)NC(=O)c1ccccc1)Nc1cc(Cl)ccc1Cl. The Morgan fingerprint density at radius 2 is 1.50 bits per heavy atom. The van der Waals surface area contributed by atoms with E-state index in [2.05, 4.69) is 16.0 Å². The maximum absolute atomic E-state index is 12.8. The van der Waals surface area contributed by atoms with E-state index in [-0.39, 0.29) is 18.9 Å². The highest BCUT2D eigenvalue weighted by atomic mass is 35.5. The molecule has 0 radical (unpaired) electrons. The Labute approximate surface area is 195 Å². The molecule has 0 fully saturated rings. The maximum atomic E-state index is 12.8. The number of anilines is 1. The molecule has 3 aromatic rings. The lowest BCUT2D eigenvalue weighted by molar-refractivity contribution is -0.125. The van der Waals surface area contributed by atoms with E-state index in [1.54, 1.807) is 42.5 Å². The summed E-state index contributed by atoms with van der Waals surface area (Å²) in [5, 5.41) is 8.67. The zero-order valence-corrected chi connectivity index (χ0v) is 18.5. The van der Waals surface area contributed by atoms with Gasteiger partial charge in [-0.15, -0.1) is 0 Å². The van der Waals surface area contributed by atoms with Crippen LogP contribution in [0.5, 0.6) is 0 Å². The summed E-state index contributed by atoms with van der Waals surface area (Å²) in [7, 11) is 0. The first-order valence-corrected chi connectivity index (χ1v) is 10.6. The molecule has 0 aliphatic heterocycles. The number of rotatable bonds is 8. The zero-order valence-electron chi connectivity index (χ0n) is 17.0. The van der Waals surface area contributed by atoms with E-state index in [1.165, 1.54) is 6.07 Å². The second-order valence-electron chi connectivity index (χ2n) is 6.97. The number of amides is 3. The lowest BCUT2D eigenvalue weighted by Gasteiger charge is -2.19. The lowest BCUT2D eigenvalue weighted by Crippen LogP contribution is -2.49. The van der Waals surface area contributed by atoms with E-state index in [4.69, 9.17) is 23.2 Å². The molecule has 8 heteroatoms. The largest absolute Gasteiger partial charge is 0.345 e. The van der Waals surface area contributed by atoms with Crippen LogP contribution in [-0.2, 0) is 16.0 Å². The van der Waals surface area contributed by atoms with Crippen molar-refractivity contribution in [2.75, 3.05) is 11.9 Å². The van der Waals surface area contributed by atoms with Crippen molar-refractivity contribution in [3.63, 3.8) is 0 Å². The molecular formula is C24H21Cl2N3O3. The molecule has 0 heterocycles. The first-order chi connectivity index (χ1) is 15.4. The minimum atomic E-state index is -0.868. The molecule has 0 aromatic heterocycles. The van der Waals surface area contributed by atoms with Gasteiger partial charge in [0.05, 0.1) is 17.3 Å². The number of nitrogens with one attached hydrogen (secondary N) is 3. The first kappa shape index (κ1) is 23.3. The van der Waals surface area contributed by atoms with Gasteiger partial charge in [-0.05, 0) is 35.9 Å². The van der Waals surface area contributed by atoms with Crippen molar-refractivity contribution in [3.05, 3.63) is 100 Å². The van der Waals surface area contributed by atoms with E-state index in [0.29, 0.717) is 21.3 Å². The van der Waals surface area contributed by atoms with Gasteiger partial charge in [0.15, 0.2) is 0 Å². The minimum absolute atomic E-state index is 0.271. The molecule has 3 N–H and O–H groups in total. The summed E-state index contributed by atoms with van der Waals surface area (Å²) in [6.45, 7) is -0.297. The van der Waals surface area contributed by atoms with Crippen LogP contribution < -0.4 is 16.0 Å². The van der Waals surface area contributed by atoms with Crippen LogP contribution in [-0.4, -0.2) is 30.3 Å². The van der Waals surface area contributed by atoms with Gasteiger partial charge >= 0.3 is 0 Å². The molecule has 6 nitrogen and oxygen atoms in total. The summed E-state index contributed by atoms with van der Waals surface area (Å²) in [4.78, 5) is 37.7. The predicted molar refractivity (Wildman–Crippen MR) is 126 cm³/mol. The van der Waals surface area contributed by atoms with Crippen LogP contribution in [0.3, 0.4) is 0 Å². The van der Waals surface area contributed by atoms with Gasteiger partial charge in [-0.2, -0.15) is 0 Å². The molecule has 3 aromatic carbocycles. The Hall–Kier alpha value is -3.35. The molecule has 164 valence electrons. The molecule has 0 bridgehead atoms. The van der Waals surface area contributed by atoms with Crippen molar-refractivity contribution in [3.8, 4) is 0 Å². The first-order valence-electron chi connectivity index (χ1n) is 9.85. The fraction of sp³-hybridized carbons (Fsp3) is 0.125. The second kappa shape index (κ2) is 11.3. The topological polar surface area (TPSA) is 87.3 Å². The number of hydrogen-bond acceptors (Lipinski definition) is 3. The summed E-state index contributed by atoms with van der Waals surface area (Å²) >= 11 is 12.0. The monoisotopic (exact) mass is 469 g/mol. The Morgan fingerprint density at radius 3 is 2.19 bits per heavy atom. The predicted octanol–water partition coefficient (Wildman–Crippen LogP) is 4.09. The molecule has 1 atom stereocenters. The van der Waals surface area contributed by atoms with E-state index in [0.717, 1.165) is 5.56 Å². The zero-order chi connectivity index (χ0) is 22.9. The Balaban J connectivity index is 1.65. The van der Waals surface area contributed by atoms with E-state index in [9.17, 15) is 14.4 Å². The maximum Gasteiger partial charge on any atom is 0.251 e. The highest BCUT2D eigenvalue weighted by Gasteiger charge is 2.22. The van der Waals surface area contributed by atoms with Crippen LogP contribution in [0.4, 0.5) is 5.69 Å². The molecule has 32 heavy (non-hydrogen) atoms. The third-order valence-electron chi connectivity index (χ3n) is 4.57. The summed E-state index contributed by atoms with van der Waals surface area (Å²) in [5.41, 5.74) is 1.65. The quantitative estimate of drug-likeness (QED) is 0.464. The Kier molecular flexibility index (Phi) is 8.25. The summed E-state index contributed by atoms with van der Waals surface area (Å²) < 4.78 is 0. The lowest BCUT2D eigenvalue weighted by atomic mass is 10.0. The third-order valence-corrected chi connectivity index (χ3v) is 5.13. The van der Waals surface area contributed by atoms with Crippen molar-refractivity contribution in [1.82, 2.24) is 10.6 Å². The minimum Gasteiger partial charge on any atom is -0.345 e. The van der Waals surface area contributed by atoms with E-state index < -0.39 is 17.9 Å². The standard InChI is InChI=1S/C24H21Cl2N3O3/c25-18-11-12-19(26)20(14-18)28-22(30)15-27-24(32)21(13-16-7-3-1-4-8-16)29-23(31)17-9-5-2-6-10-17/h1-12,14,21H,13,15H2,(H,27,32)(H,28,30)(H,29,31)/t21-/m0/s1. The molecule has 0 aliphatic rings. The second-order valence-corrected chi connectivity index (χ2v) is 7.82. The van der Waals surface area contributed by atoms with Crippen molar-refractivity contribution in [2.24, 2.45) is 0 Å². The number of hydrogen-bond donors (Lipinski definition) is 3. The molecule has 0 aliphatic carbocycles. The van der Waals surface area contributed by atoms with Crippen LogP contribution in [0, 0.1) is 0 Å². The summed E-state index contributed by atoms with van der Waals surface area (Å²) in [6, 6.07) is 21.7. The van der Waals surface area contributed by atoms with Gasteiger partial charge in [-0.1, -0.05) is 71.7 Å². The number of carbonyl (C=O) groups is 3. The van der Waals surface area contributed by atoms with Crippen LogP contribution in [0.1, 0.15) is 15.9 Å². The number of halogens is 2. The van der Waals surface area contributed by atoms with Crippen LogP contribution in [0.25, 0.3) is 0 Å². The fourth-order valence-electron chi connectivity index (χ4n) is 2.97. The van der Waals surface area contributed by atoms with E-state index in [1.807, 2.05) is 30.3 Å². The fourth-order valence-corrected chi connectivity index (χ4v) is 3.31. The van der Waals surface area contributed by atoms with Crippen molar-refractivity contribution < 1.29 is 14.4 Å². The summed E-state index contributed by atoms with van der Waals surface area (Å²) in [6.07, 6.45) is 0.271. The van der Waals surface area contributed by atoms with Crippen molar-refractivity contribution in [2.45, 2.75) is 12.5 Å². The van der Waals surface area contributed by atoms with Crippen LogP contribution in [0.15, 0.2) is 78.9 Å². The van der Waals surface area contributed by atoms with Gasteiger partial charge in [0.2, 0.25) is 11.8 Å². The van der Waals surface area contributed by atoms with Gasteiger partial charge in [0.25, 0.3) is 5.91 Å². The Morgan fingerprint density at radius 1 is 0.844 bits per heavy atom. The highest BCUT2D eigenvalue weighted by molar-refractivity contribution is 6.35. The van der Waals surface area contributed by atoms with Crippen LogP contribution >= 0.6 is 23.2 Å². The van der Waals surface area contributed by atoms with Gasteiger partial charge < -0.3 is 16.0 Å². The average molecular weight is 470 g/mol. The molecule has 3 amide bonds. The van der Waals surface area contributed by atoms with E-state index >= 15 is 0 Å². The Bertz CT molecular complexity index is 1090. The third kappa shape index (κ3) is 6.83. The number of benzene rings is 3. The van der Waals surface area contributed by atoms with Gasteiger partial charge in [-0.25, -0.2) is 0 Å². The number of carbonyl (C=O) groups excluding carboxylic acids is 3. The average Bonchev–Trinajstić information content (AvgIpc) is 2.80. The molecular weight excluding hydrogens is 449 g/mol. The van der Waals surface area contributed by atoms with Crippen LogP contribution in [0.2, 0.25) is 10.0 Å². The molecule has 0 saturated heterocycles. The normalized spacial score (nSPS) is 11.3. The molecule has 3 rings (SSSR count). The van der Waals surface area contributed by atoms with Gasteiger partial charge in [0.1, 0.15) is 6.04 Å².